The molecule has 0 amide bonds. The van der Waals surface area contributed by atoms with Crippen molar-refractivity contribution in [1.29, 1.82) is 0 Å². The second-order valence-electron chi connectivity index (χ2n) is 3.84. The molecule has 0 saturated carbocycles. The van der Waals surface area contributed by atoms with E-state index in [-0.39, 0.29) is 11.6 Å². The van der Waals surface area contributed by atoms with Crippen molar-refractivity contribution in [3.05, 3.63) is 51.3 Å². The molecule has 0 atom stereocenters. The van der Waals surface area contributed by atoms with Gasteiger partial charge in [0.25, 0.3) is 0 Å². The number of nitrogens with one attached hydrogen (secondary N) is 2. The fraction of sp³-hybridized carbons (Fsp3) is 0.167. The maximum atomic E-state index is 10.6. The fourth-order valence-corrected chi connectivity index (χ4v) is 1.72. The summed E-state index contributed by atoms with van der Waals surface area (Å²) in [6, 6.07) is 7.36. The number of aliphatic imine (C=N–C) groups is 1. The molecule has 2 N–H and O–H groups in total. The van der Waals surface area contributed by atoms with Crippen molar-refractivity contribution in [3.63, 3.8) is 0 Å². The first-order valence-corrected chi connectivity index (χ1v) is 6.22. The Kier molecular flexibility index (Phi) is 4.67. The number of aromatic nitrogens is 2. The van der Waals surface area contributed by atoms with Gasteiger partial charge in [-0.25, -0.2) is 4.98 Å². The molecule has 0 fully saturated rings. The number of benzene rings is 1. The van der Waals surface area contributed by atoms with Crippen LogP contribution in [0.5, 0.6) is 0 Å². The second-order valence-corrected chi connectivity index (χ2v) is 4.25. The summed E-state index contributed by atoms with van der Waals surface area (Å²) >= 11 is 5.98. The Balaban J connectivity index is 1.84. The van der Waals surface area contributed by atoms with Crippen molar-refractivity contribution >= 4 is 29.5 Å². The molecule has 1 aromatic carbocycles. The minimum atomic E-state index is -0.525. The number of imidazole rings is 1. The highest BCUT2D eigenvalue weighted by molar-refractivity contribution is 6.33. The van der Waals surface area contributed by atoms with Crippen LogP contribution >= 0.6 is 11.6 Å². The first kappa shape index (κ1) is 14.0. The molecule has 0 aliphatic heterocycles. The Bertz CT molecular complexity index is 626. The van der Waals surface area contributed by atoms with Gasteiger partial charge in [0, 0.05) is 23.3 Å². The summed E-state index contributed by atoms with van der Waals surface area (Å²) in [6.45, 7) is 0.891. The lowest BCUT2D eigenvalue weighted by molar-refractivity contribution is -0.388. The van der Waals surface area contributed by atoms with Crippen molar-refractivity contribution < 1.29 is 4.92 Å². The molecule has 2 aromatic rings. The van der Waals surface area contributed by atoms with Gasteiger partial charge in [-0.1, -0.05) is 29.8 Å². The summed E-state index contributed by atoms with van der Waals surface area (Å²) < 4.78 is 0. The van der Waals surface area contributed by atoms with Crippen molar-refractivity contribution in [3.8, 4) is 0 Å². The lowest BCUT2D eigenvalue weighted by Gasteiger charge is -2.00. The summed E-state index contributed by atoms with van der Waals surface area (Å²) in [7, 11) is 0. The van der Waals surface area contributed by atoms with Gasteiger partial charge in [-0.2, -0.15) is 4.98 Å². The predicted molar refractivity (Wildman–Crippen MR) is 77.6 cm³/mol. The van der Waals surface area contributed by atoms with E-state index in [4.69, 9.17) is 11.6 Å². The van der Waals surface area contributed by atoms with Gasteiger partial charge in [0.05, 0.1) is 6.54 Å². The Morgan fingerprint density at radius 3 is 3.05 bits per heavy atom. The predicted octanol–water partition coefficient (Wildman–Crippen LogP) is 2.50. The van der Waals surface area contributed by atoms with Gasteiger partial charge in [-0.05, 0) is 11.0 Å². The average molecular weight is 294 g/mol. The minimum absolute atomic E-state index is 0.153. The summed E-state index contributed by atoms with van der Waals surface area (Å²) in [4.78, 5) is 20.6. The smallest absolute Gasteiger partial charge is 0.361 e. The quantitative estimate of drug-likeness (QED) is 0.370. The molecule has 8 heteroatoms. The van der Waals surface area contributed by atoms with Crippen LogP contribution in [0.2, 0.25) is 5.02 Å². The van der Waals surface area contributed by atoms with E-state index in [0.717, 1.165) is 5.56 Å². The molecule has 0 bridgehead atoms. The van der Waals surface area contributed by atoms with Crippen molar-refractivity contribution in [2.45, 2.75) is 0 Å². The minimum Gasteiger partial charge on any atom is -0.361 e. The molecule has 104 valence electrons. The third-order valence-electron chi connectivity index (χ3n) is 2.47. The lowest BCUT2D eigenvalue weighted by atomic mass is 10.2. The molecular formula is C12H12ClN5O2. The Labute approximate surface area is 119 Å². The third-order valence-corrected chi connectivity index (χ3v) is 2.81. The van der Waals surface area contributed by atoms with E-state index in [1.54, 1.807) is 12.3 Å². The standard InChI is InChI=1S/C12H12ClN5O2/c13-10-4-2-1-3-9(10)7-14-5-6-15-11-12(18(19)20)17-8-16-11/h1-4,7-8,15H,5-6H2,(H,16,17). The van der Waals surface area contributed by atoms with Gasteiger partial charge in [0.15, 0.2) is 6.33 Å². The van der Waals surface area contributed by atoms with E-state index in [1.165, 1.54) is 6.33 Å². The van der Waals surface area contributed by atoms with Crippen LogP contribution < -0.4 is 5.32 Å². The van der Waals surface area contributed by atoms with Crippen LogP contribution in [0.1, 0.15) is 5.56 Å². The number of nitro groups is 1. The van der Waals surface area contributed by atoms with Crippen LogP contribution in [-0.2, 0) is 0 Å². The normalized spacial score (nSPS) is 10.8. The van der Waals surface area contributed by atoms with E-state index in [9.17, 15) is 10.1 Å². The molecule has 0 spiro atoms. The van der Waals surface area contributed by atoms with Crippen molar-refractivity contribution in [2.24, 2.45) is 4.99 Å². The number of nitrogens with zero attached hydrogens (tertiary/aromatic N) is 3. The van der Waals surface area contributed by atoms with Crippen LogP contribution in [-0.4, -0.2) is 34.2 Å². The number of aromatic amines is 1. The van der Waals surface area contributed by atoms with Gasteiger partial charge in [0.2, 0.25) is 5.82 Å². The topological polar surface area (TPSA) is 96.2 Å². The molecule has 7 nitrogen and oxygen atoms in total. The highest BCUT2D eigenvalue weighted by atomic mass is 35.5. The van der Waals surface area contributed by atoms with E-state index in [0.29, 0.717) is 18.1 Å². The monoisotopic (exact) mass is 293 g/mol. The van der Waals surface area contributed by atoms with Crippen molar-refractivity contribution in [2.75, 3.05) is 18.4 Å². The number of hydrogen-bond donors (Lipinski definition) is 2. The van der Waals surface area contributed by atoms with Crippen LogP contribution in [0.3, 0.4) is 0 Å². The molecule has 0 aliphatic rings. The zero-order valence-electron chi connectivity index (χ0n) is 10.4. The Hall–Kier alpha value is -2.41. The summed E-state index contributed by atoms with van der Waals surface area (Å²) in [6.07, 6.45) is 2.94. The number of anilines is 1. The van der Waals surface area contributed by atoms with Gasteiger partial charge < -0.3 is 15.4 Å². The number of halogens is 1. The van der Waals surface area contributed by atoms with E-state index < -0.39 is 4.92 Å². The van der Waals surface area contributed by atoms with E-state index in [2.05, 4.69) is 20.3 Å². The van der Waals surface area contributed by atoms with E-state index in [1.807, 2.05) is 18.2 Å². The largest absolute Gasteiger partial charge is 0.364 e. The fourth-order valence-electron chi connectivity index (χ4n) is 1.54. The zero-order chi connectivity index (χ0) is 14.4. The molecule has 20 heavy (non-hydrogen) atoms. The summed E-state index contributed by atoms with van der Waals surface area (Å²) in [5.41, 5.74) is 0.833. The number of H-pyrrole nitrogens is 1. The molecule has 0 unspecified atom stereocenters. The van der Waals surface area contributed by atoms with Crippen LogP contribution in [0.25, 0.3) is 0 Å². The molecule has 0 radical (unpaired) electrons. The first-order valence-electron chi connectivity index (χ1n) is 5.84. The highest BCUT2D eigenvalue weighted by Gasteiger charge is 2.13. The summed E-state index contributed by atoms with van der Waals surface area (Å²) in [5.74, 6) is 0.0584. The maximum Gasteiger partial charge on any atom is 0.364 e. The highest BCUT2D eigenvalue weighted by Crippen LogP contribution is 2.17. The lowest BCUT2D eigenvalue weighted by Crippen LogP contribution is -2.07. The van der Waals surface area contributed by atoms with Gasteiger partial charge in [0.1, 0.15) is 0 Å². The SMILES string of the molecule is O=[N+]([O-])c1[nH]cnc1NCCN=Cc1ccccc1Cl. The molecule has 1 aromatic heterocycles. The van der Waals surface area contributed by atoms with Crippen molar-refractivity contribution in [1.82, 2.24) is 9.97 Å². The summed E-state index contributed by atoms with van der Waals surface area (Å²) in [5, 5.41) is 14.1. The zero-order valence-corrected chi connectivity index (χ0v) is 11.2. The number of rotatable bonds is 6. The number of hydrogen-bond acceptors (Lipinski definition) is 5. The van der Waals surface area contributed by atoms with Gasteiger partial charge in [-0.3, -0.25) is 4.99 Å². The second kappa shape index (κ2) is 6.67. The Morgan fingerprint density at radius 2 is 2.30 bits per heavy atom. The van der Waals surface area contributed by atoms with E-state index >= 15 is 0 Å². The molecule has 0 aliphatic carbocycles. The maximum absolute atomic E-state index is 10.6. The van der Waals surface area contributed by atoms with Crippen LogP contribution in [0.4, 0.5) is 11.6 Å². The average Bonchev–Trinajstić information content (AvgIpc) is 2.89. The molecule has 0 saturated heterocycles. The van der Waals surface area contributed by atoms with Crippen LogP contribution in [0, 0.1) is 10.1 Å². The molecular weight excluding hydrogens is 282 g/mol. The van der Waals surface area contributed by atoms with Gasteiger partial charge in [-0.15, -0.1) is 0 Å². The Morgan fingerprint density at radius 1 is 1.50 bits per heavy atom. The molecule has 1 heterocycles. The molecule has 2 rings (SSSR count). The van der Waals surface area contributed by atoms with Gasteiger partial charge >= 0.3 is 5.82 Å². The first-order chi connectivity index (χ1) is 9.68. The third kappa shape index (κ3) is 3.55. The van der Waals surface area contributed by atoms with Crippen LogP contribution in [0.15, 0.2) is 35.6 Å².